The second kappa shape index (κ2) is 6.20. The zero-order chi connectivity index (χ0) is 15.7. The Kier molecular flexibility index (Phi) is 4.29. The third-order valence-electron chi connectivity index (χ3n) is 3.42. The van der Waals surface area contributed by atoms with Crippen LogP contribution >= 0.6 is 24.4 Å². The van der Waals surface area contributed by atoms with Gasteiger partial charge in [0.1, 0.15) is 6.10 Å². The largest absolute Gasteiger partial charge is 0.375 e. The molecule has 1 aromatic heterocycles. The van der Waals surface area contributed by atoms with Crippen LogP contribution in [-0.4, -0.2) is 49.6 Å². The highest BCUT2D eigenvalue weighted by Gasteiger charge is 2.44. The molecule has 0 unspecified atom stereocenters. The van der Waals surface area contributed by atoms with Gasteiger partial charge in [-0.3, -0.25) is 5.43 Å². The van der Waals surface area contributed by atoms with Crippen LogP contribution in [0, 0.1) is 4.77 Å². The molecule has 118 valence electrons. The molecule has 0 radical (unpaired) electrons. The number of nitrogens with one attached hydrogen (secondary N) is 1. The van der Waals surface area contributed by atoms with E-state index in [1.807, 2.05) is 0 Å². The number of hydrogen-bond acceptors (Lipinski definition) is 7. The lowest BCUT2D eigenvalue weighted by molar-refractivity contribution is -0.0324. The van der Waals surface area contributed by atoms with Crippen molar-refractivity contribution in [3.05, 3.63) is 17.4 Å². The van der Waals surface area contributed by atoms with Crippen LogP contribution in [0.4, 0.5) is 0 Å². The summed E-state index contributed by atoms with van der Waals surface area (Å²) in [7, 11) is 0. The SMILES string of the molecule is C=CCn1nnn([C@H]2C/C(=N\NC(N)=S)[C@@H]3OC[C@@H]2O3)c1=S. The van der Waals surface area contributed by atoms with E-state index in [0.717, 1.165) is 0 Å². The van der Waals surface area contributed by atoms with Gasteiger partial charge in [-0.2, -0.15) is 5.10 Å². The van der Waals surface area contributed by atoms with E-state index < -0.39 is 6.29 Å². The third-order valence-corrected chi connectivity index (χ3v) is 3.91. The summed E-state index contributed by atoms with van der Waals surface area (Å²) in [6.45, 7) is 4.61. The van der Waals surface area contributed by atoms with Crippen LogP contribution < -0.4 is 11.2 Å². The summed E-state index contributed by atoms with van der Waals surface area (Å²) < 4.78 is 15.1. The molecular formula is C11H15N7O2S2. The monoisotopic (exact) mass is 341 g/mol. The van der Waals surface area contributed by atoms with Gasteiger partial charge in [0.15, 0.2) is 11.4 Å². The number of thiocarbonyl (C=S) groups is 1. The third kappa shape index (κ3) is 2.79. The average molecular weight is 341 g/mol. The van der Waals surface area contributed by atoms with Gasteiger partial charge in [-0.1, -0.05) is 6.08 Å². The van der Waals surface area contributed by atoms with Crippen LogP contribution in [0.15, 0.2) is 17.8 Å². The molecule has 2 aliphatic heterocycles. The van der Waals surface area contributed by atoms with Gasteiger partial charge in [0.2, 0.25) is 4.77 Å². The fraction of sp³-hybridized carbons (Fsp3) is 0.545. The number of nitrogens with two attached hydrogens (primary N) is 1. The summed E-state index contributed by atoms with van der Waals surface area (Å²) in [6.07, 6.45) is 1.64. The van der Waals surface area contributed by atoms with Crippen molar-refractivity contribution in [3.63, 3.8) is 0 Å². The second-order valence-electron chi connectivity index (χ2n) is 4.87. The van der Waals surface area contributed by atoms with E-state index in [-0.39, 0.29) is 17.3 Å². The van der Waals surface area contributed by atoms with Crippen molar-refractivity contribution in [3.8, 4) is 0 Å². The van der Waals surface area contributed by atoms with Crippen molar-refractivity contribution in [1.82, 2.24) is 25.2 Å². The number of nitrogens with zero attached hydrogens (tertiary/aromatic N) is 5. The van der Waals surface area contributed by atoms with Gasteiger partial charge in [0.05, 0.1) is 24.9 Å². The zero-order valence-electron chi connectivity index (χ0n) is 11.6. The van der Waals surface area contributed by atoms with Crippen molar-refractivity contribution < 1.29 is 9.47 Å². The standard InChI is InChI=1S/C11H15N7O2S2/c1-2-3-17-11(22)18(16-15-17)7-4-6(13-14-10(12)21)9-19-5-8(7)20-9/h2,7-9H,1,3-5H2,(H3,12,14,21)/b13-6+/t7-,8-,9+/m0/s1. The van der Waals surface area contributed by atoms with Gasteiger partial charge >= 0.3 is 0 Å². The molecule has 2 fully saturated rings. The Morgan fingerprint density at radius 3 is 3.14 bits per heavy atom. The van der Waals surface area contributed by atoms with Gasteiger partial charge in [-0.15, -0.1) is 6.58 Å². The van der Waals surface area contributed by atoms with Crippen LogP contribution in [0.1, 0.15) is 12.5 Å². The number of fused-ring (bicyclic) bond motifs is 2. The first-order valence-electron chi connectivity index (χ1n) is 6.62. The fourth-order valence-corrected chi connectivity index (χ4v) is 2.77. The van der Waals surface area contributed by atoms with E-state index >= 15 is 0 Å². The Bertz CT molecular complexity index is 682. The number of ether oxygens (including phenoxy) is 2. The van der Waals surface area contributed by atoms with Crippen LogP contribution in [0.3, 0.4) is 0 Å². The fourth-order valence-electron chi connectivity index (χ4n) is 2.44. The Labute approximate surface area is 136 Å². The van der Waals surface area contributed by atoms with Crippen molar-refractivity contribution in [2.75, 3.05) is 6.61 Å². The molecule has 9 nitrogen and oxygen atoms in total. The van der Waals surface area contributed by atoms with Crippen molar-refractivity contribution in [2.24, 2.45) is 10.8 Å². The Hall–Kier alpha value is -1.69. The maximum Gasteiger partial charge on any atom is 0.216 e. The quantitative estimate of drug-likeness (QED) is 0.443. The number of hydrogen-bond donors (Lipinski definition) is 2. The molecule has 3 heterocycles. The van der Waals surface area contributed by atoms with E-state index in [1.165, 1.54) is 0 Å². The minimum atomic E-state index is -0.486. The molecule has 0 spiro atoms. The Morgan fingerprint density at radius 1 is 1.59 bits per heavy atom. The summed E-state index contributed by atoms with van der Waals surface area (Å²) in [5.74, 6) is 0. The average Bonchev–Trinajstić information content (AvgIpc) is 3.06. The Morgan fingerprint density at radius 2 is 2.41 bits per heavy atom. The van der Waals surface area contributed by atoms with Crippen LogP contribution in [-0.2, 0) is 16.0 Å². The van der Waals surface area contributed by atoms with E-state index in [0.29, 0.717) is 30.1 Å². The molecule has 11 heteroatoms. The number of allylic oxidation sites excluding steroid dienone is 1. The maximum absolute atomic E-state index is 5.79. The minimum absolute atomic E-state index is 0.0812. The molecule has 2 saturated heterocycles. The molecule has 3 rings (SSSR count). The van der Waals surface area contributed by atoms with E-state index in [9.17, 15) is 0 Å². The van der Waals surface area contributed by atoms with Gasteiger partial charge in [0, 0.05) is 6.42 Å². The van der Waals surface area contributed by atoms with Gasteiger partial charge in [0.25, 0.3) is 0 Å². The number of tetrazole rings is 1. The summed E-state index contributed by atoms with van der Waals surface area (Å²) >= 11 is 10.1. The van der Waals surface area contributed by atoms with Gasteiger partial charge < -0.3 is 15.2 Å². The summed E-state index contributed by atoms with van der Waals surface area (Å²) in [6, 6.07) is -0.142. The van der Waals surface area contributed by atoms with Gasteiger partial charge in [-0.25, -0.2) is 9.36 Å². The Balaban J connectivity index is 1.87. The lowest BCUT2D eigenvalue weighted by Gasteiger charge is -2.27. The highest BCUT2D eigenvalue weighted by Crippen LogP contribution is 2.33. The van der Waals surface area contributed by atoms with Crippen molar-refractivity contribution >= 4 is 35.3 Å². The van der Waals surface area contributed by atoms with Gasteiger partial charge in [-0.05, 0) is 34.9 Å². The highest BCUT2D eigenvalue weighted by molar-refractivity contribution is 7.80. The molecule has 1 aromatic rings. The number of rotatable bonds is 4. The van der Waals surface area contributed by atoms with Crippen LogP contribution in [0.2, 0.25) is 0 Å². The van der Waals surface area contributed by atoms with Crippen molar-refractivity contribution in [1.29, 1.82) is 0 Å². The topological polar surface area (TPSA) is 105 Å². The molecule has 0 saturated carbocycles. The number of aromatic nitrogens is 4. The van der Waals surface area contributed by atoms with E-state index in [2.05, 4.69) is 27.5 Å². The summed E-state index contributed by atoms with van der Waals surface area (Å²) in [5, 5.41) is 12.4. The number of hydrazone groups is 1. The first-order valence-corrected chi connectivity index (χ1v) is 7.44. The minimum Gasteiger partial charge on any atom is -0.375 e. The predicted molar refractivity (Wildman–Crippen MR) is 84.7 cm³/mol. The van der Waals surface area contributed by atoms with E-state index in [4.69, 9.17) is 39.6 Å². The molecule has 3 N–H and O–H groups in total. The first-order chi connectivity index (χ1) is 10.6. The lowest BCUT2D eigenvalue weighted by Crippen LogP contribution is -2.39. The predicted octanol–water partition coefficient (Wildman–Crippen LogP) is -0.129. The molecule has 0 amide bonds. The van der Waals surface area contributed by atoms with Crippen LogP contribution in [0.25, 0.3) is 0 Å². The second-order valence-corrected chi connectivity index (χ2v) is 5.67. The van der Waals surface area contributed by atoms with E-state index in [1.54, 1.807) is 15.4 Å². The lowest BCUT2D eigenvalue weighted by atomic mass is 10.0. The smallest absolute Gasteiger partial charge is 0.216 e. The molecule has 22 heavy (non-hydrogen) atoms. The summed E-state index contributed by atoms with van der Waals surface area (Å²) in [5.41, 5.74) is 8.60. The molecule has 0 aromatic carbocycles. The normalized spacial score (nSPS) is 28.7. The zero-order valence-corrected chi connectivity index (χ0v) is 13.2. The molecule has 0 aliphatic carbocycles. The van der Waals surface area contributed by atoms with Crippen molar-refractivity contribution in [2.45, 2.75) is 31.4 Å². The molecular weight excluding hydrogens is 326 g/mol. The first kappa shape index (κ1) is 15.2. The summed E-state index contributed by atoms with van der Waals surface area (Å²) in [4.78, 5) is 0. The van der Waals surface area contributed by atoms with Crippen LogP contribution in [0.5, 0.6) is 0 Å². The molecule has 2 aliphatic rings. The molecule has 2 bridgehead atoms. The maximum atomic E-state index is 5.79. The molecule has 3 atom stereocenters. The highest BCUT2D eigenvalue weighted by atomic mass is 32.1.